The molecule has 1 aliphatic rings. The van der Waals surface area contributed by atoms with Crippen LogP contribution < -0.4 is 14.8 Å². The molecule has 152 valence electrons. The van der Waals surface area contributed by atoms with Gasteiger partial charge >= 0.3 is 0 Å². The molecule has 0 spiro atoms. The van der Waals surface area contributed by atoms with Crippen molar-refractivity contribution in [1.29, 1.82) is 5.26 Å². The highest BCUT2D eigenvalue weighted by molar-refractivity contribution is 5.99. The molecule has 0 atom stereocenters. The van der Waals surface area contributed by atoms with Crippen molar-refractivity contribution in [3.05, 3.63) is 22.2 Å². The van der Waals surface area contributed by atoms with Crippen LogP contribution in [0.4, 0.5) is 11.4 Å². The molecular weight excluding hydrogens is 362 g/mol. The van der Waals surface area contributed by atoms with Crippen molar-refractivity contribution >= 4 is 17.3 Å². The molecule has 0 unspecified atom stereocenters. The van der Waals surface area contributed by atoms with Gasteiger partial charge < -0.3 is 14.8 Å². The van der Waals surface area contributed by atoms with E-state index in [-0.39, 0.29) is 17.1 Å². The van der Waals surface area contributed by atoms with Crippen LogP contribution in [0.5, 0.6) is 11.5 Å². The highest BCUT2D eigenvalue weighted by Crippen LogP contribution is 2.41. The van der Waals surface area contributed by atoms with E-state index in [1.54, 1.807) is 0 Å². The number of amides is 1. The smallest absolute Gasteiger partial charge is 0.296 e. The van der Waals surface area contributed by atoms with Crippen molar-refractivity contribution in [2.75, 3.05) is 18.5 Å². The van der Waals surface area contributed by atoms with Gasteiger partial charge in [-0.3, -0.25) is 14.9 Å². The summed E-state index contributed by atoms with van der Waals surface area (Å²) in [5, 5.41) is 23.8. The molecule has 0 aliphatic heterocycles. The van der Waals surface area contributed by atoms with Crippen LogP contribution in [0.1, 0.15) is 58.8 Å². The van der Waals surface area contributed by atoms with E-state index in [0.29, 0.717) is 31.8 Å². The molecule has 2 rings (SSSR count). The van der Waals surface area contributed by atoms with Gasteiger partial charge in [-0.1, -0.05) is 33.1 Å². The first-order valence-corrected chi connectivity index (χ1v) is 9.78. The third-order valence-electron chi connectivity index (χ3n) is 4.79. The minimum Gasteiger partial charge on any atom is -0.490 e. The number of nitrogens with zero attached hydrogens (tertiary/aromatic N) is 2. The van der Waals surface area contributed by atoms with E-state index in [1.165, 1.54) is 12.1 Å². The molecule has 1 aromatic rings. The Labute approximate surface area is 165 Å². The molecular formula is C20H27N3O5. The lowest BCUT2D eigenvalue weighted by Gasteiger charge is -2.29. The van der Waals surface area contributed by atoms with E-state index in [4.69, 9.17) is 9.47 Å². The number of ether oxygens (including phenoxy) is 2. The minimum absolute atomic E-state index is 0.0187. The summed E-state index contributed by atoms with van der Waals surface area (Å²) in [5.41, 5.74) is -1.41. The van der Waals surface area contributed by atoms with Crippen LogP contribution in [-0.2, 0) is 4.79 Å². The molecule has 1 aliphatic carbocycles. The lowest BCUT2D eigenvalue weighted by molar-refractivity contribution is -0.384. The van der Waals surface area contributed by atoms with Gasteiger partial charge in [-0.25, -0.2) is 0 Å². The standard InChI is InChI=1S/C20H27N3O5/c1-3-10-27-17-12-15(16(23(25)26)13-18(17)28-11-4-2)22-19(24)20(14-21)8-6-5-7-9-20/h12-13H,3-11H2,1-2H3,(H,22,24). The average molecular weight is 389 g/mol. The summed E-state index contributed by atoms with van der Waals surface area (Å²) in [7, 11) is 0. The first kappa shape index (κ1) is 21.5. The van der Waals surface area contributed by atoms with Crippen LogP contribution in [0.25, 0.3) is 0 Å². The maximum absolute atomic E-state index is 12.8. The van der Waals surface area contributed by atoms with E-state index in [2.05, 4.69) is 11.4 Å². The Balaban J connectivity index is 2.39. The zero-order valence-electron chi connectivity index (χ0n) is 16.5. The van der Waals surface area contributed by atoms with Crippen LogP contribution in [0.15, 0.2) is 12.1 Å². The summed E-state index contributed by atoms with van der Waals surface area (Å²) < 4.78 is 11.3. The number of nitriles is 1. The lowest BCUT2D eigenvalue weighted by Crippen LogP contribution is -2.36. The van der Waals surface area contributed by atoms with Gasteiger partial charge in [0.05, 0.1) is 30.3 Å². The zero-order valence-corrected chi connectivity index (χ0v) is 16.5. The molecule has 28 heavy (non-hydrogen) atoms. The number of benzene rings is 1. The first-order valence-electron chi connectivity index (χ1n) is 9.78. The molecule has 1 saturated carbocycles. The van der Waals surface area contributed by atoms with Crippen LogP contribution in [0.3, 0.4) is 0 Å². The highest BCUT2D eigenvalue weighted by atomic mass is 16.6. The van der Waals surface area contributed by atoms with Crippen molar-refractivity contribution in [2.24, 2.45) is 5.41 Å². The summed E-state index contributed by atoms with van der Waals surface area (Å²) in [6.07, 6.45) is 4.97. The average Bonchev–Trinajstić information content (AvgIpc) is 2.71. The molecule has 8 heteroatoms. The fourth-order valence-corrected chi connectivity index (χ4v) is 3.24. The Hall–Kier alpha value is -2.82. The molecule has 0 saturated heterocycles. The number of carbonyl (C=O) groups is 1. The van der Waals surface area contributed by atoms with Gasteiger partial charge in [0.1, 0.15) is 11.1 Å². The van der Waals surface area contributed by atoms with Crippen LogP contribution in [0, 0.1) is 26.9 Å². The van der Waals surface area contributed by atoms with Gasteiger partial charge in [0, 0.05) is 6.07 Å². The van der Waals surface area contributed by atoms with Gasteiger partial charge in [-0.2, -0.15) is 5.26 Å². The number of rotatable bonds is 9. The maximum atomic E-state index is 12.8. The normalized spacial score (nSPS) is 15.3. The highest BCUT2D eigenvalue weighted by Gasteiger charge is 2.40. The molecule has 0 heterocycles. The van der Waals surface area contributed by atoms with E-state index < -0.39 is 16.2 Å². The van der Waals surface area contributed by atoms with Gasteiger partial charge in [-0.05, 0) is 25.7 Å². The number of carbonyl (C=O) groups excluding carboxylic acids is 1. The Bertz CT molecular complexity index is 751. The summed E-state index contributed by atoms with van der Waals surface area (Å²) in [6, 6.07) is 4.83. The fraction of sp³-hybridized carbons (Fsp3) is 0.600. The molecule has 0 aromatic heterocycles. The number of nitro benzene ring substituents is 1. The number of hydrogen-bond acceptors (Lipinski definition) is 6. The third kappa shape index (κ3) is 4.91. The SMILES string of the molecule is CCCOc1cc(NC(=O)C2(C#N)CCCCC2)c([N+](=O)[O-])cc1OCCC. The summed E-state index contributed by atoms with van der Waals surface area (Å²) in [6.45, 7) is 4.68. The van der Waals surface area contributed by atoms with Crippen molar-refractivity contribution in [3.8, 4) is 17.6 Å². The Kier molecular flexibility index (Phi) is 7.61. The second-order valence-corrected chi connectivity index (χ2v) is 6.98. The second-order valence-electron chi connectivity index (χ2n) is 6.98. The van der Waals surface area contributed by atoms with Crippen molar-refractivity contribution in [2.45, 2.75) is 58.8 Å². The molecule has 0 radical (unpaired) electrons. The van der Waals surface area contributed by atoms with E-state index in [1.807, 2.05) is 13.8 Å². The first-order chi connectivity index (χ1) is 13.5. The number of nitrogens with one attached hydrogen (secondary N) is 1. The minimum atomic E-state index is -1.14. The second kappa shape index (κ2) is 9.93. The Morgan fingerprint density at radius 1 is 1.18 bits per heavy atom. The van der Waals surface area contributed by atoms with Gasteiger partial charge in [0.2, 0.25) is 5.91 Å². The quantitative estimate of drug-likeness (QED) is 0.488. The van der Waals surface area contributed by atoms with Crippen molar-refractivity contribution in [3.63, 3.8) is 0 Å². The number of hydrogen-bond donors (Lipinski definition) is 1. The molecule has 1 N–H and O–H groups in total. The fourth-order valence-electron chi connectivity index (χ4n) is 3.24. The van der Waals surface area contributed by atoms with Gasteiger partial charge in [0.25, 0.3) is 5.69 Å². The monoisotopic (exact) mass is 389 g/mol. The van der Waals surface area contributed by atoms with Crippen LogP contribution >= 0.6 is 0 Å². The molecule has 1 amide bonds. The number of nitro groups is 1. The third-order valence-corrected chi connectivity index (χ3v) is 4.79. The Morgan fingerprint density at radius 3 is 2.25 bits per heavy atom. The largest absolute Gasteiger partial charge is 0.490 e. The summed E-state index contributed by atoms with van der Waals surface area (Å²) >= 11 is 0. The number of anilines is 1. The molecule has 0 bridgehead atoms. The topological polar surface area (TPSA) is 114 Å². The predicted octanol–water partition coefficient (Wildman–Crippen LogP) is 4.58. The van der Waals surface area contributed by atoms with Crippen molar-refractivity contribution < 1.29 is 19.2 Å². The van der Waals surface area contributed by atoms with E-state index in [0.717, 1.165) is 32.1 Å². The van der Waals surface area contributed by atoms with E-state index >= 15 is 0 Å². The summed E-state index contributed by atoms with van der Waals surface area (Å²) in [4.78, 5) is 23.9. The maximum Gasteiger partial charge on any atom is 0.296 e. The lowest BCUT2D eigenvalue weighted by atomic mass is 9.74. The predicted molar refractivity (Wildman–Crippen MR) is 104 cm³/mol. The molecule has 8 nitrogen and oxygen atoms in total. The van der Waals surface area contributed by atoms with Gasteiger partial charge in [0.15, 0.2) is 11.5 Å². The van der Waals surface area contributed by atoms with Crippen LogP contribution in [-0.4, -0.2) is 24.0 Å². The molecule has 1 fully saturated rings. The zero-order chi connectivity index (χ0) is 20.6. The van der Waals surface area contributed by atoms with Crippen LogP contribution in [0.2, 0.25) is 0 Å². The van der Waals surface area contributed by atoms with E-state index in [9.17, 15) is 20.2 Å². The summed E-state index contributed by atoms with van der Waals surface area (Å²) in [5.74, 6) is 0.111. The Morgan fingerprint density at radius 2 is 1.75 bits per heavy atom. The molecule has 1 aromatic carbocycles. The van der Waals surface area contributed by atoms with Gasteiger partial charge in [-0.15, -0.1) is 0 Å². The van der Waals surface area contributed by atoms with Crippen molar-refractivity contribution in [1.82, 2.24) is 0 Å².